The van der Waals surface area contributed by atoms with Crippen LogP contribution in [0.5, 0.6) is 5.75 Å². The summed E-state index contributed by atoms with van der Waals surface area (Å²) >= 11 is 11.9. The number of carbonyl (C=O) groups excluding carboxylic acids is 1. The van der Waals surface area contributed by atoms with Gasteiger partial charge in [-0.3, -0.25) is 4.79 Å². The number of phenols is 1. The molecule has 0 radical (unpaired) electrons. The van der Waals surface area contributed by atoms with Gasteiger partial charge in [-0.25, -0.2) is 0 Å². The van der Waals surface area contributed by atoms with Crippen LogP contribution in [0.25, 0.3) is 0 Å². The number of halogens is 2. The number of carbonyl (C=O) groups is 1. The predicted octanol–water partition coefficient (Wildman–Crippen LogP) is 2.57. The summed E-state index contributed by atoms with van der Waals surface area (Å²) in [5.41, 5.74) is 6.93. The van der Waals surface area contributed by atoms with Crippen LogP contribution in [-0.4, -0.2) is 40.7 Å². The zero-order valence-electron chi connectivity index (χ0n) is 13.0. The number of aliphatic hydroxyl groups excluding tert-OH is 1. The van der Waals surface area contributed by atoms with E-state index in [1.165, 1.54) is 6.07 Å². The lowest BCUT2D eigenvalue weighted by atomic mass is 9.79. The van der Waals surface area contributed by atoms with E-state index in [2.05, 4.69) is 0 Å². The molecule has 3 atom stereocenters. The Hall–Kier alpha value is -1.01. The third kappa shape index (κ3) is 4.10. The molecule has 1 amide bonds. The summed E-state index contributed by atoms with van der Waals surface area (Å²) in [7, 11) is 0. The van der Waals surface area contributed by atoms with Gasteiger partial charge in [0.25, 0.3) is 0 Å². The largest absolute Gasteiger partial charge is 0.508 e. The van der Waals surface area contributed by atoms with Crippen LogP contribution in [0.2, 0.25) is 10.0 Å². The Morgan fingerprint density at radius 1 is 1.43 bits per heavy atom. The summed E-state index contributed by atoms with van der Waals surface area (Å²) in [4.78, 5) is 13.7. The van der Waals surface area contributed by atoms with Crippen LogP contribution >= 0.6 is 23.2 Å². The fourth-order valence-electron chi connectivity index (χ4n) is 3.23. The molecule has 0 bridgehead atoms. The SMILES string of the molecule is CC1CN(C(=O)CCO)CCC1C(N)c1cc(Cl)c(Cl)cc1O. The second-order valence-corrected chi connectivity index (χ2v) is 6.91. The van der Waals surface area contributed by atoms with Crippen molar-refractivity contribution < 1.29 is 15.0 Å². The van der Waals surface area contributed by atoms with Gasteiger partial charge in [-0.2, -0.15) is 0 Å². The number of nitrogens with two attached hydrogens (primary N) is 1. The zero-order valence-corrected chi connectivity index (χ0v) is 14.5. The quantitative estimate of drug-likeness (QED) is 0.769. The molecular weight excluding hydrogens is 339 g/mol. The summed E-state index contributed by atoms with van der Waals surface area (Å²) in [6.45, 7) is 3.10. The Bertz CT molecular complexity index is 583. The summed E-state index contributed by atoms with van der Waals surface area (Å²) in [5, 5.41) is 19.6. The first-order valence-electron chi connectivity index (χ1n) is 7.67. The molecule has 5 nitrogen and oxygen atoms in total. The topological polar surface area (TPSA) is 86.8 Å². The predicted molar refractivity (Wildman–Crippen MR) is 90.6 cm³/mol. The molecule has 2 rings (SSSR count). The number of piperidine rings is 1. The summed E-state index contributed by atoms with van der Waals surface area (Å²) in [6.07, 6.45) is 0.885. The molecule has 0 aromatic heterocycles. The summed E-state index contributed by atoms with van der Waals surface area (Å²) < 4.78 is 0. The maximum atomic E-state index is 11.9. The van der Waals surface area contributed by atoms with Gasteiger partial charge in [-0.15, -0.1) is 0 Å². The van der Waals surface area contributed by atoms with Gasteiger partial charge >= 0.3 is 0 Å². The molecule has 1 aliphatic rings. The van der Waals surface area contributed by atoms with Gasteiger partial charge in [0.1, 0.15) is 5.75 Å². The van der Waals surface area contributed by atoms with Crippen molar-refractivity contribution in [2.45, 2.75) is 25.8 Å². The molecule has 23 heavy (non-hydrogen) atoms. The fraction of sp³-hybridized carbons (Fsp3) is 0.562. The smallest absolute Gasteiger partial charge is 0.224 e. The second-order valence-electron chi connectivity index (χ2n) is 6.09. The van der Waals surface area contributed by atoms with E-state index in [4.69, 9.17) is 34.0 Å². The first kappa shape index (κ1) is 18.3. The lowest BCUT2D eigenvalue weighted by Gasteiger charge is -2.40. The molecule has 0 aliphatic carbocycles. The van der Waals surface area contributed by atoms with E-state index in [1.54, 1.807) is 11.0 Å². The number of phenolic OH excluding ortho intramolecular Hbond substituents is 1. The molecule has 1 heterocycles. The van der Waals surface area contributed by atoms with Crippen molar-refractivity contribution in [1.82, 2.24) is 4.90 Å². The molecule has 1 saturated heterocycles. The van der Waals surface area contributed by atoms with Crippen molar-refractivity contribution in [2.75, 3.05) is 19.7 Å². The molecule has 1 aromatic carbocycles. The fourth-order valence-corrected chi connectivity index (χ4v) is 3.56. The molecule has 7 heteroatoms. The molecule has 1 aliphatic heterocycles. The van der Waals surface area contributed by atoms with Crippen molar-refractivity contribution >= 4 is 29.1 Å². The van der Waals surface area contributed by atoms with E-state index in [0.29, 0.717) is 23.7 Å². The van der Waals surface area contributed by atoms with Crippen molar-refractivity contribution in [3.05, 3.63) is 27.7 Å². The minimum absolute atomic E-state index is 0.0382. The highest BCUT2D eigenvalue weighted by Gasteiger charge is 2.33. The van der Waals surface area contributed by atoms with Gasteiger partial charge in [0.15, 0.2) is 0 Å². The van der Waals surface area contributed by atoms with Gasteiger partial charge in [-0.1, -0.05) is 30.1 Å². The number of nitrogens with zero attached hydrogens (tertiary/aromatic N) is 1. The van der Waals surface area contributed by atoms with Crippen LogP contribution in [0, 0.1) is 11.8 Å². The number of benzene rings is 1. The summed E-state index contributed by atoms with van der Waals surface area (Å²) in [5.74, 6) is 0.299. The lowest BCUT2D eigenvalue weighted by Crippen LogP contribution is -2.45. The Kier molecular flexibility index (Phi) is 6.14. The number of rotatable bonds is 4. The van der Waals surface area contributed by atoms with Gasteiger partial charge in [0.05, 0.1) is 16.7 Å². The molecule has 0 spiro atoms. The van der Waals surface area contributed by atoms with E-state index in [-0.39, 0.29) is 47.6 Å². The highest BCUT2D eigenvalue weighted by Crippen LogP contribution is 2.39. The zero-order chi connectivity index (χ0) is 17.1. The van der Waals surface area contributed by atoms with Crippen LogP contribution in [0.1, 0.15) is 31.4 Å². The number of amides is 1. The maximum Gasteiger partial charge on any atom is 0.224 e. The van der Waals surface area contributed by atoms with Crippen molar-refractivity contribution in [1.29, 1.82) is 0 Å². The average Bonchev–Trinajstić information content (AvgIpc) is 2.50. The van der Waals surface area contributed by atoms with E-state index in [9.17, 15) is 9.90 Å². The highest BCUT2D eigenvalue weighted by molar-refractivity contribution is 6.42. The van der Waals surface area contributed by atoms with Gasteiger partial charge in [-0.05, 0) is 24.3 Å². The summed E-state index contributed by atoms with van der Waals surface area (Å²) in [6, 6.07) is 2.64. The van der Waals surface area contributed by atoms with Crippen LogP contribution in [0.15, 0.2) is 12.1 Å². The van der Waals surface area contributed by atoms with Gasteiger partial charge < -0.3 is 20.8 Å². The lowest BCUT2D eigenvalue weighted by molar-refractivity contribution is -0.134. The molecule has 4 N–H and O–H groups in total. The van der Waals surface area contributed by atoms with Gasteiger partial charge in [0, 0.05) is 37.2 Å². The van der Waals surface area contributed by atoms with E-state index >= 15 is 0 Å². The van der Waals surface area contributed by atoms with E-state index in [1.807, 2.05) is 6.92 Å². The number of aromatic hydroxyl groups is 1. The number of aliphatic hydroxyl groups is 1. The number of likely N-dealkylation sites (tertiary alicyclic amines) is 1. The minimum atomic E-state index is -0.380. The third-order valence-electron chi connectivity index (χ3n) is 4.54. The van der Waals surface area contributed by atoms with Crippen LogP contribution in [0.4, 0.5) is 0 Å². The number of hydrogen-bond acceptors (Lipinski definition) is 4. The van der Waals surface area contributed by atoms with E-state index in [0.717, 1.165) is 6.42 Å². The Labute approximate surface area is 146 Å². The molecule has 1 aromatic rings. The molecule has 0 saturated carbocycles. The Morgan fingerprint density at radius 2 is 2.09 bits per heavy atom. The Balaban J connectivity index is 2.11. The molecule has 3 unspecified atom stereocenters. The first-order chi connectivity index (χ1) is 10.8. The monoisotopic (exact) mass is 360 g/mol. The molecule has 128 valence electrons. The standard InChI is InChI=1S/C16H22Cl2N2O3/c1-9-8-20(15(23)3-5-21)4-2-10(9)16(19)11-6-12(17)13(18)7-14(11)22/h6-7,9-10,16,21-22H,2-5,8,19H2,1H3. The van der Waals surface area contributed by atoms with Crippen molar-refractivity contribution in [2.24, 2.45) is 17.6 Å². The normalized spacial score (nSPS) is 22.9. The average molecular weight is 361 g/mol. The molecular formula is C16H22Cl2N2O3. The first-order valence-corrected chi connectivity index (χ1v) is 8.42. The Morgan fingerprint density at radius 3 is 2.70 bits per heavy atom. The van der Waals surface area contributed by atoms with Crippen molar-refractivity contribution in [3.8, 4) is 5.75 Å². The van der Waals surface area contributed by atoms with Crippen LogP contribution < -0.4 is 5.73 Å². The second kappa shape index (κ2) is 7.71. The van der Waals surface area contributed by atoms with Crippen LogP contribution in [-0.2, 0) is 4.79 Å². The van der Waals surface area contributed by atoms with Crippen LogP contribution in [0.3, 0.4) is 0 Å². The third-order valence-corrected chi connectivity index (χ3v) is 5.26. The maximum absolute atomic E-state index is 11.9. The van der Waals surface area contributed by atoms with E-state index < -0.39 is 0 Å². The molecule has 1 fully saturated rings. The van der Waals surface area contributed by atoms with Crippen molar-refractivity contribution in [3.63, 3.8) is 0 Å². The van der Waals surface area contributed by atoms with Gasteiger partial charge in [0.2, 0.25) is 5.91 Å². The highest BCUT2D eigenvalue weighted by atomic mass is 35.5. The number of hydrogen-bond donors (Lipinski definition) is 3. The minimum Gasteiger partial charge on any atom is -0.508 e.